The summed E-state index contributed by atoms with van der Waals surface area (Å²) in [7, 11) is 0. The van der Waals surface area contributed by atoms with E-state index in [9.17, 15) is 9.59 Å². The summed E-state index contributed by atoms with van der Waals surface area (Å²) in [5.74, 6) is -0.859. The lowest BCUT2D eigenvalue weighted by atomic mass is 9.98. The molecule has 0 fully saturated rings. The second-order valence-electron chi connectivity index (χ2n) is 5.61. The molecule has 1 atom stereocenters. The first kappa shape index (κ1) is 15.1. The van der Waals surface area contributed by atoms with Crippen LogP contribution < -0.4 is 5.32 Å². The Morgan fingerprint density at radius 1 is 1.16 bits per heavy atom. The molecule has 1 amide bonds. The highest BCUT2D eigenvalue weighted by Crippen LogP contribution is 2.23. The molecular weight excluding hydrogens is 320 g/mol. The zero-order valence-corrected chi connectivity index (χ0v) is 13.1. The minimum atomic E-state index is -0.869. The number of anilines is 1. The van der Waals surface area contributed by atoms with E-state index >= 15 is 0 Å². The fourth-order valence-electron chi connectivity index (χ4n) is 2.81. The number of nitrogens with one attached hydrogen (secondary N) is 1. The number of para-hydroxylation sites is 2. The van der Waals surface area contributed by atoms with E-state index in [-0.39, 0.29) is 5.91 Å². The SMILES string of the molecule is O=C1OC(C(=O)Nc2ccccc2-n2ccnn2)Cc2ccccc21. The van der Waals surface area contributed by atoms with Crippen LogP contribution in [0.25, 0.3) is 5.69 Å². The largest absolute Gasteiger partial charge is 0.448 e. The van der Waals surface area contributed by atoms with Crippen LogP contribution in [0.4, 0.5) is 5.69 Å². The van der Waals surface area contributed by atoms with Gasteiger partial charge < -0.3 is 10.1 Å². The summed E-state index contributed by atoms with van der Waals surface area (Å²) >= 11 is 0. The van der Waals surface area contributed by atoms with Gasteiger partial charge in [0.05, 0.1) is 29.3 Å². The number of hydrogen-bond acceptors (Lipinski definition) is 5. The van der Waals surface area contributed by atoms with Crippen LogP contribution in [-0.2, 0) is 16.0 Å². The molecule has 0 saturated carbocycles. The molecule has 0 radical (unpaired) electrons. The third kappa shape index (κ3) is 2.87. The molecule has 4 rings (SSSR count). The van der Waals surface area contributed by atoms with Gasteiger partial charge in [0.25, 0.3) is 5.91 Å². The van der Waals surface area contributed by atoms with Gasteiger partial charge in [0.15, 0.2) is 6.10 Å². The fraction of sp³-hybridized carbons (Fsp3) is 0.111. The van der Waals surface area contributed by atoms with Crippen molar-refractivity contribution in [2.75, 3.05) is 5.32 Å². The van der Waals surface area contributed by atoms with Crippen LogP contribution in [0.1, 0.15) is 15.9 Å². The number of carbonyl (C=O) groups is 2. The quantitative estimate of drug-likeness (QED) is 0.740. The Hall–Kier alpha value is -3.48. The molecule has 1 unspecified atom stereocenters. The van der Waals surface area contributed by atoms with E-state index in [1.54, 1.807) is 41.3 Å². The van der Waals surface area contributed by atoms with Crippen LogP contribution in [-0.4, -0.2) is 33.0 Å². The number of amides is 1. The minimum Gasteiger partial charge on any atom is -0.448 e. The first-order chi connectivity index (χ1) is 12.2. The summed E-state index contributed by atoms with van der Waals surface area (Å²) < 4.78 is 6.84. The number of benzene rings is 2. The van der Waals surface area contributed by atoms with Crippen LogP contribution in [0.15, 0.2) is 60.9 Å². The zero-order chi connectivity index (χ0) is 17.2. The lowest BCUT2D eigenvalue weighted by Crippen LogP contribution is -2.38. The summed E-state index contributed by atoms with van der Waals surface area (Å²) in [6.07, 6.45) is 2.71. The molecule has 124 valence electrons. The molecule has 1 aliphatic heterocycles. The van der Waals surface area contributed by atoms with Crippen molar-refractivity contribution < 1.29 is 14.3 Å². The van der Waals surface area contributed by atoms with Crippen LogP contribution >= 0.6 is 0 Å². The Balaban J connectivity index is 1.57. The monoisotopic (exact) mass is 334 g/mol. The number of aromatic nitrogens is 3. The number of ether oxygens (including phenoxy) is 1. The zero-order valence-electron chi connectivity index (χ0n) is 13.1. The molecule has 0 bridgehead atoms. The third-order valence-corrected chi connectivity index (χ3v) is 4.02. The number of esters is 1. The molecule has 1 aliphatic rings. The van der Waals surface area contributed by atoms with Gasteiger partial charge in [0.2, 0.25) is 0 Å². The normalized spacial score (nSPS) is 16.0. The number of carbonyl (C=O) groups excluding carboxylic acids is 2. The second-order valence-corrected chi connectivity index (χ2v) is 5.61. The standard InChI is InChI=1S/C18H14N4O3/c23-17(16-11-12-5-1-2-6-13(12)18(24)25-16)20-14-7-3-4-8-15(14)22-10-9-19-21-22/h1-10,16H,11H2,(H,20,23). The van der Waals surface area contributed by atoms with Crippen LogP contribution in [0.2, 0.25) is 0 Å². The van der Waals surface area contributed by atoms with E-state index < -0.39 is 12.1 Å². The fourth-order valence-corrected chi connectivity index (χ4v) is 2.81. The summed E-state index contributed by atoms with van der Waals surface area (Å²) in [5.41, 5.74) is 2.56. The highest BCUT2D eigenvalue weighted by atomic mass is 16.5. The summed E-state index contributed by atoms with van der Waals surface area (Å²) in [5, 5.41) is 10.5. The van der Waals surface area contributed by atoms with E-state index in [0.717, 1.165) is 5.56 Å². The Labute approximate surface area is 143 Å². The lowest BCUT2D eigenvalue weighted by Gasteiger charge is -2.24. The molecule has 0 aliphatic carbocycles. The van der Waals surface area contributed by atoms with Gasteiger partial charge >= 0.3 is 5.97 Å². The summed E-state index contributed by atoms with van der Waals surface area (Å²) in [4.78, 5) is 24.7. The minimum absolute atomic E-state index is 0.346. The Morgan fingerprint density at radius 2 is 1.96 bits per heavy atom. The maximum absolute atomic E-state index is 12.6. The second kappa shape index (κ2) is 6.20. The van der Waals surface area contributed by atoms with Crippen molar-refractivity contribution in [2.45, 2.75) is 12.5 Å². The third-order valence-electron chi connectivity index (χ3n) is 4.02. The van der Waals surface area contributed by atoms with Gasteiger partial charge in [0.1, 0.15) is 0 Å². The van der Waals surface area contributed by atoms with Gasteiger partial charge in [-0.1, -0.05) is 35.5 Å². The first-order valence-electron chi connectivity index (χ1n) is 7.78. The number of rotatable bonds is 3. The Bertz CT molecular complexity index is 937. The predicted molar refractivity (Wildman–Crippen MR) is 89.3 cm³/mol. The predicted octanol–water partition coefficient (Wildman–Crippen LogP) is 1.99. The van der Waals surface area contributed by atoms with Gasteiger partial charge in [-0.15, -0.1) is 5.10 Å². The van der Waals surface area contributed by atoms with Gasteiger partial charge in [-0.25, -0.2) is 9.48 Å². The van der Waals surface area contributed by atoms with Gasteiger partial charge in [-0.05, 0) is 23.8 Å². The molecule has 25 heavy (non-hydrogen) atoms. The van der Waals surface area contributed by atoms with Crippen molar-refractivity contribution in [3.63, 3.8) is 0 Å². The molecule has 7 nitrogen and oxygen atoms in total. The van der Waals surface area contributed by atoms with Gasteiger partial charge in [-0.3, -0.25) is 4.79 Å². The molecule has 0 saturated heterocycles. The van der Waals surface area contributed by atoms with Crippen LogP contribution in [0.5, 0.6) is 0 Å². The molecule has 1 aromatic heterocycles. The van der Waals surface area contributed by atoms with Crippen molar-refractivity contribution in [3.8, 4) is 5.69 Å². The first-order valence-corrected chi connectivity index (χ1v) is 7.78. The maximum atomic E-state index is 12.6. The molecule has 2 heterocycles. The number of hydrogen-bond donors (Lipinski definition) is 1. The van der Waals surface area contributed by atoms with E-state index in [1.807, 2.05) is 24.3 Å². The molecule has 1 N–H and O–H groups in total. The maximum Gasteiger partial charge on any atom is 0.339 e. The number of cyclic esters (lactones) is 1. The molecule has 2 aromatic carbocycles. The smallest absolute Gasteiger partial charge is 0.339 e. The summed E-state index contributed by atoms with van der Waals surface area (Å²) in [6, 6.07) is 14.4. The van der Waals surface area contributed by atoms with E-state index in [0.29, 0.717) is 23.4 Å². The average molecular weight is 334 g/mol. The van der Waals surface area contributed by atoms with Crippen molar-refractivity contribution >= 4 is 17.6 Å². The van der Waals surface area contributed by atoms with Crippen molar-refractivity contribution in [1.82, 2.24) is 15.0 Å². The highest BCUT2D eigenvalue weighted by molar-refractivity contribution is 6.00. The van der Waals surface area contributed by atoms with E-state index in [2.05, 4.69) is 15.6 Å². The number of nitrogens with zero attached hydrogens (tertiary/aromatic N) is 3. The van der Waals surface area contributed by atoms with Crippen molar-refractivity contribution in [2.24, 2.45) is 0 Å². The van der Waals surface area contributed by atoms with Crippen molar-refractivity contribution in [3.05, 3.63) is 72.1 Å². The van der Waals surface area contributed by atoms with Crippen LogP contribution in [0.3, 0.4) is 0 Å². The molecule has 3 aromatic rings. The molecule has 0 spiro atoms. The Kier molecular flexibility index (Phi) is 3.74. The Morgan fingerprint density at radius 3 is 2.80 bits per heavy atom. The molecular formula is C18H14N4O3. The molecule has 7 heteroatoms. The lowest BCUT2D eigenvalue weighted by molar-refractivity contribution is -0.125. The van der Waals surface area contributed by atoms with E-state index in [4.69, 9.17) is 4.74 Å². The van der Waals surface area contributed by atoms with Gasteiger partial charge in [0, 0.05) is 6.42 Å². The summed E-state index contributed by atoms with van der Waals surface area (Å²) in [6.45, 7) is 0. The highest BCUT2D eigenvalue weighted by Gasteiger charge is 2.31. The topological polar surface area (TPSA) is 86.1 Å². The van der Waals surface area contributed by atoms with Crippen molar-refractivity contribution in [1.29, 1.82) is 0 Å². The van der Waals surface area contributed by atoms with E-state index in [1.165, 1.54) is 0 Å². The number of fused-ring (bicyclic) bond motifs is 1. The van der Waals surface area contributed by atoms with Crippen LogP contribution in [0, 0.1) is 0 Å². The average Bonchev–Trinajstić information content (AvgIpc) is 3.16. The van der Waals surface area contributed by atoms with Gasteiger partial charge in [-0.2, -0.15) is 0 Å².